The van der Waals surface area contributed by atoms with Gasteiger partial charge in [-0.3, -0.25) is 4.79 Å². The summed E-state index contributed by atoms with van der Waals surface area (Å²) in [6.45, 7) is 2.49. The summed E-state index contributed by atoms with van der Waals surface area (Å²) in [4.78, 5) is 19.9. The fraction of sp³-hybridized carbons (Fsp3) is 0.267. The van der Waals surface area contributed by atoms with Gasteiger partial charge in [0.25, 0.3) is 5.91 Å². The topological polar surface area (TPSA) is 87.1 Å². The van der Waals surface area contributed by atoms with Crippen LogP contribution in [0.3, 0.4) is 0 Å². The highest BCUT2D eigenvalue weighted by Gasteiger charge is 2.14. The van der Waals surface area contributed by atoms with Crippen molar-refractivity contribution in [3.63, 3.8) is 0 Å². The Morgan fingerprint density at radius 3 is 2.64 bits per heavy atom. The van der Waals surface area contributed by atoms with E-state index in [1.807, 2.05) is 6.92 Å². The fourth-order valence-electron chi connectivity index (χ4n) is 1.84. The van der Waals surface area contributed by atoms with Crippen LogP contribution < -0.4 is 10.6 Å². The lowest BCUT2D eigenvalue weighted by Crippen LogP contribution is -2.29. The standard InChI is InChI=1S/C15H17FN4O2/c1-2-17-15-19-7-10(8-20-15)14(22)18-9-13(21)11-5-3-4-6-12(11)16/h3-8,13,21H,2,9H2,1H3,(H,18,22)(H,17,19,20). The van der Waals surface area contributed by atoms with Crippen LogP contribution in [-0.4, -0.2) is 34.1 Å². The average Bonchev–Trinajstić information content (AvgIpc) is 2.54. The molecule has 1 aromatic heterocycles. The van der Waals surface area contributed by atoms with Gasteiger partial charge in [0.1, 0.15) is 5.82 Å². The molecule has 3 N–H and O–H groups in total. The molecule has 116 valence electrons. The maximum Gasteiger partial charge on any atom is 0.254 e. The van der Waals surface area contributed by atoms with E-state index >= 15 is 0 Å². The third-order valence-electron chi connectivity index (χ3n) is 2.97. The fourth-order valence-corrected chi connectivity index (χ4v) is 1.84. The van der Waals surface area contributed by atoms with E-state index in [1.165, 1.54) is 30.6 Å². The Kier molecular flexibility index (Phi) is 5.37. The number of aromatic nitrogens is 2. The van der Waals surface area contributed by atoms with Gasteiger partial charge in [0.2, 0.25) is 5.95 Å². The zero-order chi connectivity index (χ0) is 15.9. The lowest BCUT2D eigenvalue weighted by Gasteiger charge is -2.13. The van der Waals surface area contributed by atoms with Crippen LogP contribution in [0.25, 0.3) is 0 Å². The quantitative estimate of drug-likeness (QED) is 0.753. The van der Waals surface area contributed by atoms with Crippen LogP contribution in [0.15, 0.2) is 36.7 Å². The summed E-state index contributed by atoms with van der Waals surface area (Å²) >= 11 is 0. The van der Waals surface area contributed by atoms with Crippen LogP contribution >= 0.6 is 0 Å². The SMILES string of the molecule is CCNc1ncc(C(=O)NCC(O)c2ccccc2F)cn1. The van der Waals surface area contributed by atoms with Crippen LogP contribution in [0.5, 0.6) is 0 Å². The van der Waals surface area contributed by atoms with Crippen molar-refractivity contribution >= 4 is 11.9 Å². The van der Waals surface area contributed by atoms with Crippen molar-refractivity contribution < 1.29 is 14.3 Å². The molecule has 0 spiro atoms. The highest BCUT2D eigenvalue weighted by Crippen LogP contribution is 2.15. The van der Waals surface area contributed by atoms with Crippen molar-refractivity contribution in [2.45, 2.75) is 13.0 Å². The number of aliphatic hydroxyl groups excluding tert-OH is 1. The Hall–Kier alpha value is -2.54. The van der Waals surface area contributed by atoms with Gasteiger partial charge in [-0.2, -0.15) is 0 Å². The molecule has 0 saturated heterocycles. The number of rotatable bonds is 6. The number of carbonyl (C=O) groups excluding carboxylic acids is 1. The van der Waals surface area contributed by atoms with E-state index in [-0.39, 0.29) is 17.7 Å². The summed E-state index contributed by atoms with van der Waals surface area (Å²) in [6, 6.07) is 5.89. The lowest BCUT2D eigenvalue weighted by atomic mass is 10.1. The highest BCUT2D eigenvalue weighted by molar-refractivity contribution is 5.93. The average molecular weight is 304 g/mol. The number of anilines is 1. The van der Waals surface area contributed by atoms with Crippen LogP contribution in [0, 0.1) is 5.82 Å². The van der Waals surface area contributed by atoms with Gasteiger partial charge in [-0.25, -0.2) is 14.4 Å². The van der Waals surface area contributed by atoms with Gasteiger partial charge in [-0.1, -0.05) is 18.2 Å². The molecule has 2 aromatic rings. The van der Waals surface area contributed by atoms with Crippen LogP contribution in [0.2, 0.25) is 0 Å². The second-order valence-corrected chi connectivity index (χ2v) is 4.57. The van der Waals surface area contributed by atoms with Crippen LogP contribution in [-0.2, 0) is 0 Å². The molecule has 0 saturated carbocycles. The second-order valence-electron chi connectivity index (χ2n) is 4.57. The number of halogens is 1. The first-order valence-electron chi connectivity index (χ1n) is 6.88. The maximum atomic E-state index is 13.5. The monoisotopic (exact) mass is 304 g/mol. The van der Waals surface area contributed by atoms with E-state index in [1.54, 1.807) is 6.07 Å². The number of nitrogens with one attached hydrogen (secondary N) is 2. The van der Waals surface area contributed by atoms with Crippen molar-refractivity contribution in [3.05, 3.63) is 53.6 Å². The Balaban J connectivity index is 1.93. The molecule has 0 aliphatic rings. The Bertz CT molecular complexity index is 634. The van der Waals surface area contributed by atoms with Gasteiger partial charge in [0.05, 0.1) is 11.7 Å². The number of amides is 1. The van der Waals surface area contributed by atoms with Crippen LogP contribution in [0.1, 0.15) is 28.9 Å². The van der Waals surface area contributed by atoms with Gasteiger partial charge >= 0.3 is 0 Å². The minimum Gasteiger partial charge on any atom is -0.386 e. The molecule has 0 aliphatic heterocycles. The smallest absolute Gasteiger partial charge is 0.254 e. The van der Waals surface area contributed by atoms with E-state index in [0.29, 0.717) is 12.5 Å². The van der Waals surface area contributed by atoms with E-state index < -0.39 is 17.8 Å². The predicted molar refractivity (Wildman–Crippen MR) is 79.9 cm³/mol. The summed E-state index contributed by atoms with van der Waals surface area (Å²) in [5.74, 6) is -0.508. The van der Waals surface area contributed by atoms with E-state index in [0.717, 1.165) is 0 Å². The summed E-state index contributed by atoms with van der Waals surface area (Å²) in [5.41, 5.74) is 0.406. The van der Waals surface area contributed by atoms with Gasteiger partial charge in [0, 0.05) is 31.0 Å². The van der Waals surface area contributed by atoms with Crippen molar-refractivity contribution in [2.24, 2.45) is 0 Å². The van der Waals surface area contributed by atoms with Crippen molar-refractivity contribution in [1.82, 2.24) is 15.3 Å². The number of hydrogen-bond donors (Lipinski definition) is 3. The molecule has 1 amide bonds. The molecule has 1 atom stereocenters. The molecule has 6 nitrogen and oxygen atoms in total. The van der Waals surface area contributed by atoms with E-state index in [9.17, 15) is 14.3 Å². The van der Waals surface area contributed by atoms with Gasteiger partial charge in [-0.05, 0) is 13.0 Å². The molecule has 1 heterocycles. The van der Waals surface area contributed by atoms with Gasteiger partial charge in [0.15, 0.2) is 0 Å². The molecule has 1 aromatic carbocycles. The normalized spacial score (nSPS) is 11.8. The third-order valence-corrected chi connectivity index (χ3v) is 2.97. The van der Waals surface area contributed by atoms with Gasteiger partial charge in [-0.15, -0.1) is 0 Å². The van der Waals surface area contributed by atoms with E-state index in [4.69, 9.17) is 0 Å². The first-order chi connectivity index (χ1) is 10.6. The van der Waals surface area contributed by atoms with Crippen molar-refractivity contribution in [3.8, 4) is 0 Å². The molecule has 2 rings (SSSR count). The first kappa shape index (κ1) is 15.8. The summed E-state index contributed by atoms with van der Waals surface area (Å²) in [5, 5.41) is 15.4. The lowest BCUT2D eigenvalue weighted by molar-refractivity contribution is 0.0913. The predicted octanol–water partition coefficient (Wildman–Crippen LogP) is 1.51. The summed E-state index contributed by atoms with van der Waals surface area (Å²) < 4.78 is 13.5. The minimum absolute atomic E-state index is 0.102. The van der Waals surface area contributed by atoms with E-state index in [2.05, 4.69) is 20.6 Å². The molecule has 0 bridgehead atoms. The number of aliphatic hydroxyl groups is 1. The first-order valence-corrected chi connectivity index (χ1v) is 6.88. The van der Waals surface area contributed by atoms with Gasteiger partial charge < -0.3 is 15.7 Å². The zero-order valence-corrected chi connectivity index (χ0v) is 12.1. The van der Waals surface area contributed by atoms with Crippen molar-refractivity contribution in [2.75, 3.05) is 18.4 Å². The molecule has 0 radical (unpaired) electrons. The molecule has 1 unspecified atom stereocenters. The number of hydrogen-bond acceptors (Lipinski definition) is 5. The minimum atomic E-state index is -1.12. The molecular formula is C15H17FN4O2. The Morgan fingerprint density at radius 2 is 2.00 bits per heavy atom. The second kappa shape index (κ2) is 7.46. The molecule has 7 heteroatoms. The maximum absolute atomic E-state index is 13.5. The number of benzene rings is 1. The molecule has 0 fully saturated rings. The molecule has 22 heavy (non-hydrogen) atoms. The van der Waals surface area contributed by atoms with Crippen LogP contribution in [0.4, 0.5) is 10.3 Å². The van der Waals surface area contributed by atoms with Crippen molar-refractivity contribution in [1.29, 1.82) is 0 Å². The summed E-state index contributed by atoms with van der Waals surface area (Å²) in [7, 11) is 0. The molecular weight excluding hydrogens is 287 g/mol. The Morgan fingerprint density at radius 1 is 1.32 bits per heavy atom. The number of carbonyl (C=O) groups is 1. The summed E-state index contributed by atoms with van der Waals surface area (Å²) in [6.07, 6.45) is 1.65. The highest BCUT2D eigenvalue weighted by atomic mass is 19.1. The number of nitrogens with zero attached hydrogens (tertiary/aromatic N) is 2. The Labute approximate surface area is 127 Å². The zero-order valence-electron chi connectivity index (χ0n) is 12.1. The molecule has 0 aliphatic carbocycles. The largest absolute Gasteiger partial charge is 0.386 e. The third kappa shape index (κ3) is 3.98.